The smallest absolute Gasteiger partial charge is 0.493 e. The number of benzene rings is 1. The number of alkyl halides is 3. The number of aromatic nitrogens is 3. The Hall–Kier alpha value is -3.84. The Morgan fingerprint density at radius 2 is 1.73 bits per heavy atom. The number of aromatic hydroxyl groups is 1. The molecule has 0 saturated carbocycles. The van der Waals surface area contributed by atoms with Crippen LogP contribution in [0.5, 0.6) is 11.6 Å². The van der Waals surface area contributed by atoms with Gasteiger partial charge in [0.2, 0.25) is 11.8 Å². The van der Waals surface area contributed by atoms with Gasteiger partial charge in [-0.1, -0.05) is 0 Å². The highest BCUT2D eigenvalue weighted by Gasteiger charge is 2.31. The molecule has 0 spiro atoms. The lowest BCUT2D eigenvalue weighted by atomic mass is 10.2. The fourth-order valence-corrected chi connectivity index (χ4v) is 4.19. The zero-order chi connectivity index (χ0) is 26.7. The van der Waals surface area contributed by atoms with E-state index < -0.39 is 29.8 Å². The average Bonchev–Trinajstić information content (AvgIpc) is 3.07. The van der Waals surface area contributed by atoms with Crippen LogP contribution in [0.1, 0.15) is 17.4 Å². The molecular weight excluding hydrogens is 493 g/mol. The van der Waals surface area contributed by atoms with Crippen molar-refractivity contribution in [1.29, 1.82) is 0 Å². The van der Waals surface area contributed by atoms with Gasteiger partial charge in [-0.25, -0.2) is 9.36 Å². The number of carbonyl (C=O) groups excluding carboxylic acids is 1. The van der Waals surface area contributed by atoms with Crippen LogP contribution >= 0.6 is 0 Å². The lowest BCUT2D eigenvalue weighted by Crippen LogP contribution is -2.49. The van der Waals surface area contributed by atoms with Crippen LogP contribution in [0.25, 0.3) is 5.69 Å². The molecule has 0 aliphatic carbocycles. The number of hydrogen-bond donors (Lipinski definition) is 2. The molecule has 3 heterocycles. The van der Waals surface area contributed by atoms with Gasteiger partial charge in [0, 0.05) is 38.6 Å². The highest BCUT2D eigenvalue weighted by Crippen LogP contribution is 2.27. The van der Waals surface area contributed by atoms with Crippen molar-refractivity contribution in [2.24, 2.45) is 0 Å². The molecule has 1 atom stereocenters. The van der Waals surface area contributed by atoms with Gasteiger partial charge in [0.25, 0.3) is 0 Å². The van der Waals surface area contributed by atoms with E-state index >= 15 is 0 Å². The Bertz CT molecular complexity index is 1280. The Kier molecular flexibility index (Phi) is 7.55. The van der Waals surface area contributed by atoms with Gasteiger partial charge >= 0.3 is 12.1 Å². The third-order valence-corrected chi connectivity index (χ3v) is 6.16. The molecular formula is C24H27F3N6O4. The summed E-state index contributed by atoms with van der Waals surface area (Å²) in [6, 6.07) is 7.81. The molecule has 1 fully saturated rings. The molecule has 3 aromatic rings. The van der Waals surface area contributed by atoms with Crippen molar-refractivity contribution in [3.05, 3.63) is 70.5 Å². The fourth-order valence-electron chi connectivity index (χ4n) is 4.19. The number of ether oxygens (including phenoxy) is 1. The van der Waals surface area contributed by atoms with Gasteiger partial charge in [-0.15, -0.1) is 13.2 Å². The van der Waals surface area contributed by atoms with Crippen molar-refractivity contribution in [3.8, 4) is 17.3 Å². The van der Waals surface area contributed by atoms with Gasteiger partial charge in [-0.2, -0.15) is 0 Å². The van der Waals surface area contributed by atoms with Gasteiger partial charge in [0.05, 0.1) is 17.9 Å². The Morgan fingerprint density at radius 3 is 2.32 bits per heavy atom. The van der Waals surface area contributed by atoms with Crippen LogP contribution in [-0.4, -0.2) is 81.1 Å². The summed E-state index contributed by atoms with van der Waals surface area (Å²) in [5, 5.41) is 13.7. The van der Waals surface area contributed by atoms with E-state index in [-0.39, 0.29) is 23.8 Å². The monoisotopic (exact) mass is 520 g/mol. The predicted octanol–water partition coefficient (Wildman–Crippen LogP) is 1.86. The first kappa shape index (κ1) is 26.2. The number of rotatable bonds is 7. The number of halogens is 3. The topological polar surface area (TPSA) is 105 Å². The maximum absolute atomic E-state index is 13.5. The molecule has 2 aromatic heterocycles. The summed E-state index contributed by atoms with van der Waals surface area (Å²) in [7, 11) is 2.01. The van der Waals surface area contributed by atoms with Crippen LogP contribution in [-0.2, 0) is 4.79 Å². The molecule has 2 N–H and O–H groups in total. The van der Waals surface area contributed by atoms with Crippen molar-refractivity contribution < 1.29 is 27.8 Å². The van der Waals surface area contributed by atoms with Crippen LogP contribution in [0.4, 0.5) is 13.2 Å². The zero-order valence-corrected chi connectivity index (χ0v) is 20.3. The molecule has 1 saturated heterocycles. The minimum Gasteiger partial charge on any atom is -0.493 e. The minimum absolute atomic E-state index is 0.121. The molecule has 1 unspecified atom stereocenters. The van der Waals surface area contributed by atoms with E-state index in [1.165, 1.54) is 36.0 Å². The van der Waals surface area contributed by atoms with E-state index in [1.54, 1.807) is 12.1 Å². The summed E-state index contributed by atoms with van der Waals surface area (Å²) < 4.78 is 43.6. The van der Waals surface area contributed by atoms with Crippen molar-refractivity contribution in [2.75, 3.05) is 39.8 Å². The zero-order valence-electron chi connectivity index (χ0n) is 20.3. The number of nitrogens with one attached hydrogen (secondary N) is 1. The lowest BCUT2D eigenvalue weighted by Gasteiger charge is -2.32. The summed E-state index contributed by atoms with van der Waals surface area (Å²) >= 11 is 0. The molecule has 1 aromatic carbocycles. The van der Waals surface area contributed by atoms with E-state index in [4.69, 9.17) is 0 Å². The van der Waals surface area contributed by atoms with Crippen LogP contribution in [0, 0.1) is 6.92 Å². The van der Waals surface area contributed by atoms with Gasteiger partial charge in [-0.05, 0) is 55.9 Å². The average molecular weight is 521 g/mol. The molecule has 1 amide bonds. The molecule has 1 aliphatic rings. The van der Waals surface area contributed by atoms with Crippen molar-refractivity contribution in [1.82, 2.24) is 29.2 Å². The summed E-state index contributed by atoms with van der Waals surface area (Å²) in [6.07, 6.45) is -2.78. The normalized spacial score (nSPS) is 15.9. The predicted molar refractivity (Wildman–Crippen MR) is 128 cm³/mol. The number of likely N-dealkylation sites (N-methyl/N-ethyl adjacent to an activating group) is 1. The first-order chi connectivity index (χ1) is 17.5. The van der Waals surface area contributed by atoms with Crippen LogP contribution < -0.4 is 15.7 Å². The molecule has 198 valence electrons. The van der Waals surface area contributed by atoms with Crippen molar-refractivity contribution >= 4 is 5.91 Å². The number of carbonyl (C=O) groups is 1. The minimum atomic E-state index is -4.86. The molecule has 37 heavy (non-hydrogen) atoms. The molecule has 13 heteroatoms. The first-order valence-corrected chi connectivity index (χ1v) is 11.5. The van der Waals surface area contributed by atoms with Gasteiger partial charge in [0.1, 0.15) is 11.9 Å². The lowest BCUT2D eigenvalue weighted by molar-refractivity contribution is -0.274. The second-order valence-corrected chi connectivity index (χ2v) is 8.77. The third-order valence-electron chi connectivity index (χ3n) is 6.16. The van der Waals surface area contributed by atoms with E-state index in [2.05, 4.69) is 19.9 Å². The maximum atomic E-state index is 13.5. The summed E-state index contributed by atoms with van der Waals surface area (Å²) in [5.41, 5.74) is 0.137. The molecule has 0 radical (unpaired) electrons. The Morgan fingerprint density at radius 1 is 1.11 bits per heavy atom. The van der Waals surface area contributed by atoms with Gasteiger partial charge in [0.15, 0.2) is 0 Å². The molecule has 1 aliphatic heterocycles. The molecule has 4 rings (SSSR count). The Balaban J connectivity index is 1.66. The van der Waals surface area contributed by atoms with Crippen LogP contribution in [0.15, 0.2) is 53.6 Å². The molecule has 10 nitrogen and oxygen atoms in total. The van der Waals surface area contributed by atoms with Gasteiger partial charge < -0.3 is 20.1 Å². The second-order valence-electron chi connectivity index (χ2n) is 8.77. The molecule has 0 bridgehead atoms. The van der Waals surface area contributed by atoms with E-state index in [0.29, 0.717) is 5.56 Å². The van der Waals surface area contributed by atoms with Crippen LogP contribution in [0.2, 0.25) is 0 Å². The fraction of sp³-hybridized carbons (Fsp3) is 0.375. The summed E-state index contributed by atoms with van der Waals surface area (Å²) in [4.78, 5) is 34.7. The summed E-state index contributed by atoms with van der Waals surface area (Å²) in [5.74, 6) is -1.19. The maximum Gasteiger partial charge on any atom is 0.573 e. The number of piperazine rings is 1. The second kappa shape index (κ2) is 10.6. The number of amides is 1. The van der Waals surface area contributed by atoms with Crippen molar-refractivity contribution in [3.63, 3.8) is 0 Å². The number of hydrogen-bond acceptors (Lipinski definition) is 7. The largest absolute Gasteiger partial charge is 0.573 e. The first-order valence-electron chi connectivity index (χ1n) is 11.5. The SMILES string of the molecule is Cc1c(O)n(-c2ccc(OC(F)(F)F)cc2)c(=O)n1C(NC(=O)CN1CCN(C)CC1)c1ccncc1. The summed E-state index contributed by atoms with van der Waals surface area (Å²) in [6.45, 7) is 4.78. The number of nitrogens with zero attached hydrogens (tertiary/aromatic N) is 5. The van der Waals surface area contributed by atoms with E-state index in [9.17, 15) is 27.9 Å². The van der Waals surface area contributed by atoms with Gasteiger partial charge in [-0.3, -0.25) is 19.2 Å². The third kappa shape index (κ3) is 6.12. The standard InChI is InChI=1S/C24H27F3N6O4/c1-16-22(35)33(18-3-5-19(6-4-18)37-24(25,26)27)23(36)32(16)21(17-7-9-28-10-8-17)29-20(34)15-31-13-11-30(2)12-14-31/h3-10,21,35H,11-15H2,1-2H3,(H,29,34). The Labute approximate surface area is 210 Å². The highest BCUT2D eigenvalue weighted by molar-refractivity contribution is 5.78. The van der Waals surface area contributed by atoms with Crippen molar-refractivity contribution in [2.45, 2.75) is 19.5 Å². The van der Waals surface area contributed by atoms with E-state index in [1.807, 2.05) is 11.9 Å². The number of imidazole rings is 1. The van der Waals surface area contributed by atoms with Crippen LogP contribution in [0.3, 0.4) is 0 Å². The quantitative estimate of drug-likeness (QED) is 0.490. The highest BCUT2D eigenvalue weighted by atomic mass is 19.4. The number of pyridine rings is 1. The van der Waals surface area contributed by atoms with E-state index in [0.717, 1.165) is 42.9 Å².